The monoisotopic (exact) mass is 360 g/mol. The summed E-state index contributed by atoms with van der Waals surface area (Å²) in [5.41, 5.74) is 2.56. The molecule has 2 aromatic rings. The summed E-state index contributed by atoms with van der Waals surface area (Å²) in [5, 5.41) is 14.1. The first-order valence-corrected chi connectivity index (χ1v) is 9.62. The number of H-pyrrole nitrogens is 1. The normalized spacial score (nSPS) is 17.2. The number of aromatic nitrogens is 2. The van der Waals surface area contributed by atoms with Crippen molar-refractivity contribution in [3.8, 4) is 0 Å². The highest BCUT2D eigenvalue weighted by molar-refractivity contribution is 7.07. The molecule has 1 atom stereocenters. The molecule has 134 valence electrons. The molecule has 7 heteroatoms. The Kier molecular flexibility index (Phi) is 5.53. The van der Waals surface area contributed by atoms with Crippen molar-refractivity contribution in [1.29, 1.82) is 0 Å². The van der Waals surface area contributed by atoms with Crippen LogP contribution >= 0.6 is 11.3 Å². The third-order valence-corrected chi connectivity index (χ3v) is 5.27. The van der Waals surface area contributed by atoms with Gasteiger partial charge in [-0.1, -0.05) is 13.8 Å². The lowest BCUT2D eigenvalue weighted by Crippen LogP contribution is -2.38. The number of aryl methyl sites for hydroxylation is 1. The van der Waals surface area contributed by atoms with Crippen molar-refractivity contribution in [2.45, 2.75) is 45.1 Å². The highest BCUT2D eigenvalue weighted by atomic mass is 32.1. The molecule has 1 fully saturated rings. The quantitative estimate of drug-likeness (QED) is 0.831. The van der Waals surface area contributed by atoms with Crippen LogP contribution in [0, 0.1) is 0 Å². The molecule has 3 rings (SSSR count). The zero-order valence-corrected chi connectivity index (χ0v) is 15.4. The van der Waals surface area contributed by atoms with Gasteiger partial charge in [0, 0.05) is 31.2 Å². The maximum atomic E-state index is 12.3. The summed E-state index contributed by atoms with van der Waals surface area (Å²) in [7, 11) is 0. The first-order valence-electron chi connectivity index (χ1n) is 8.68. The third kappa shape index (κ3) is 4.48. The zero-order chi connectivity index (χ0) is 17.8. The number of rotatable bonds is 6. The van der Waals surface area contributed by atoms with Crippen molar-refractivity contribution in [2.24, 2.45) is 0 Å². The third-order valence-electron chi connectivity index (χ3n) is 4.54. The fourth-order valence-corrected chi connectivity index (χ4v) is 3.66. The Hall–Kier alpha value is -2.15. The van der Waals surface area contributed by atoms with E-state index in [2.05, 4.69) is 27.0 Å². The summed E-state index contributed by atoms with van der Waals surface area (Å²) in [6.45, 7) is 5.37. The van der Waals surface area contributed by atoms with E-state index in [1.165, 1.54) is 5.56 Å². The fraction of sp³-hybridized carbons (Fsp3) is 0.500. The van der Waals surface area contributed by atoms with E-state index in [1.807, 2.05) is 24.1 Å². The number of likely N-dealkylation sites (tertiary alicyclic amines) is 1. The molecule has 1 aliphatic rings. The van der Waals surface area contributed by atoms with Gasteiger partial charge in [0.15, 0.2) is 0 Å². The largest absolute Gasteiger partial charge is 0.346 e. The molecular weight excluding hydrogens is 336 g/mol. The summed E-state index contributed by atoms with van der Waals surface area (Å²) in [5.74, 6) is 0.280. The standard InChI is InChI=1S/C18H24N4O2S/c1-12(2)15-9-16(21-20-15)18(24)19-14-5-7-22(10-14)17(23)4-3-13-6-8-25-11-13/h6,8-9,11-12,14H,3-5,7,10H2,1-2H3,(H,19,24)(H,20,21). The van der Waals surface area contributed by atoms with Gasteiger partial charge >= 0.3 is 0 Å². The van der Waals surface area contributed by atoms with Gasteiger partial charge in [-0.25, -0.2) is 0 Å². The molecule has 1 saturated heterocycles. The fourth-order valence-electron chi connectivity index (χ4n) is 2.96. The number of aromatic amines is 1. The molecular formula is C18H24N4O2S. The van der Waals surface area contributed by atoms with E-state index in [1.54, 1.807) is 17.4 Å². The Labute approximate surface area is 151 Å². The van der Waals surface area contributed by atoms with E-state index < -0.39 is 0 Å². The van der Waals surface area contributed by atoms with Crippen LogP contribution in [0.3, 0.4) is 0 Å². The molecule has 0 spiro atoms. The molecule has 1 unspecified atom stereocenters. The van der Waals surface area contributed by atoms with Crippen LogP contribution < -0.4 is 5.32 Å². The van der Waals surface area contributed by atoms with E-state index in [-0.39, 0.29) is 17.9 Å². The highest BCUT2D eigenvalue weighted by Gasteiger charge is 2.27. The summed E-state index contributed by atoms with van der Waals surface area (Å²) in [4.78, 5) is 26.5. The highest BCUT2D eigenvalue weighted by Crippen LogP contribution is 2.15. The lowest BCUT2D eigenvalue weighted by atomic mass is 10.1. The summed E-state index contributed by atoms with van der Waals surface area (Å²) >= 11 is 1.65. The smallest absolute Gasteiger partial charge is 0.272 e. The molecule has 0 radical (unpaired) electrons. The van der Waals surface area contributed by atoms with Crippen LogP contribution in [0.15, 0.2) is 22.9 Å². The molecule has 2 aromatic heterocycles. The molecule has 2 N–H and O–H groups in total. The van der Waals surface area contributed by atoms with E-state index >= 15 is 0 Å². The predicted molar refractivity (Wildman–Crippen MR) is 97.8 cm³/mol. The van der Waals surface area contributed by atoms with Crippen LogP contribution in [0.4, 0.5) is 0 Å². The van der Waals surface area contributed by atoms with Gasteiger partial charge in [0.2, 0.25) is 5.91 Å². The average Bonchev–Trinajstić information content (AvgIpc) is 3.32. The maximum absolute atomic E-state index is 12.3. The minimum absolute atomic E-state index is 0.00297. The van der Waals surface area contributed by atoms with Gasteiger partial charge in [-0.15, -0.1) is 0 Å². The summed E-state index contributed by atoms with van der Waals surface area (Å²) in [6, 6.07) is 3.84. The zero-order valence-electron chi connectivity index (χ0n) is 14.6. The van der Waals surface area contributed by atoms with Gasteiger partial charge in [0.25, 0.3) is 5.91 Å². The van der Waals surface area contributed by atoms with Crippen molar-refractivity contribution in [3.63, 3.8) is 0 Å². The number of hydrogen-bond donors (Lipinski definition) is 2. The maximum Gasteiger partial charge on any atom is 0.272 e. The minimum Gasteiger partial charge on any atom is -0.346 e. The van der Waals surface area contributed by atoms with Crippen LogP contribution in [0.2, 0.25) is 0 Å². The Balaban J connectivity index is 1.47. The number of nitrogens with one attached hydrogen (secondary N) is 2. The molecule has 0 bridgehead atoms. The Morgan fingerprint density at radius 1 is 1.48 bits per heavy atom. The predicted octanol–water partition coefficient (Wildman–Crippen LogP) is 2.56. The van der Waals surface area contributed by atoms with E-state index in [4.69, 9.17) is 0 Å². The Morgan fingerprint density at radius 2 is 2.32 bits per heavy atom. The lowest BCUT2D eigenvalue weighted by molar-refractivity contribution is -0.130. The van der Waals surface area contributed by atoms with Crippen LogP contribution in [-0.4, -0.2) is 46.0 Å². The Morgan fingerprint density at radius 3 is 3.00 bits per heavy atom. The minimum atomic E-state index is -0.180. The summed E-state index contributed by atoms with van der Waals surface area (Å²) in [6.07, 6.45) is 2.09. The van der Waals surface area contributed by atoms with Crippen LogP contribution in [0.5, 0.6) is 0 Å². The average molecular weight is 360 g/mol. The van der Waals surface area contributed by atoms with Crippen LogP contribution in [0.1, 0.15) is 54.4 Å². The van der Waals surface area contributed by atoms with Crippen molar-refractivity contribution in [1.82, 2.24) is 20.4 Å². The van der Waals surface area contributed by atoms with E-state index in [0.717, 1.165) is 18.5 Å². The van der Waals surface area contributed by atoms with Crippen molar-refractivity contribution in [2.75, 3.05) is 13.1 Å². The van der Waals surface area contributed by atoms with Gasteiger partial charge in [0.1, 0.15) is 5.69 Å². The second-order valence-corrected chi connectivity index (χ2v) is 7.57. The molecule has 2 amide bonds. The number of carbonyl (C=O) groups excluding carboxylic acids is 2. The van der Waals surface area contributed by atoms with Crippen molar-refractivity contribution < 1.29 is 9.59 Å². The first kappa shape index (κ1) is 17.7. The van der Waals surface area contributed by atoms with Gasteiger partial charge in [-0.05, 0) is 47.2 Å². The van der Waals surface area contributed by atoms with E-state index in [0.29, 0.717) is 31.1 Å². The first-order chi connectivity index (χ1) is 12.0. The molecule has 0 aromatic carbocycles. The molecule has 0 aliphatic carbocycles. The molecule has 25 heavy (non-hydrogen) atoms. The Bertz CT molecular complexity index is 723. The molecule has 6 nitrogen and oxygen atoms in total. The second kappa shape index (κ2) is 7.82. The number of carbonyl (C=O) groups is 2. The van der Waals surface area contributed by atoms with Crippen LogP contribution in [0.25, 0.3) is 0 Å². The second-order valence-electron chi connectivity index (χ2n) is 6.79. The number of amides is 2. The molecule has 1 aliphatic heterocycles. The SMILES string of the molecule is CC(C)c1cc(C(=O)NC2CCN(C(=O)CCc3ccsc3)C2)n[nH]1. The van der Waals surface area contributed by atoms with Gasteiger partial charge in [0.05, 0.1) is 0 Å². The van der Waals surface area contributed by atoms with Crippen LogP contribution in [-0.2, 0) is 11.2 Å². The molecule has 3 heterocycles. The summed E-state index contributed by atoms with van der Waals surface area (Å²) < 4.78 is 0. The van der Waals surface area contributed by atoms with Gasteiger partial charge in [-0.3, -0.25) is 14.7 Å². The van der Waals surface area contributed by atoms with E-state index in [9.17, 15) is 9.59 Å². The van der Waals surface area contributed by atoms with Gasteiger partial charge in [-0.2, -0.15) is 16.4 Å². The number of nitrogens with zero attached hydrogens (tertiary/aromatic N) is 2. The van der Waals surface area contributed by atoms with Gasteiger partial charge < -0.3 is 10.2 Å². The number of thiophene rings is 1. The van der Waals surface area contributed by atoms with Crippen molar-refractivity contribution in [3.05, 3.63) is 39.8 Å². The lowest BCUT2D eigenvalue weighted by Gasteiger charge is -2.16. The number of hydrogen-bond acceptors (Lipinski definition) is 4. The topological polar surface area (TPSA) is 78.1 Å². The van der Waals surface area contributed by atoms with Crippen molar-refractivity contribution >= 4 is 23.2 Å². The molecule has 0 saturated carbocycles.